The van der Waals surface area contributed by atoms with Gasteiger partial charge in [0.25, 0.3) is 5.91 Å². The van der Waals surface area contributed by atoms with Crippen molar-refractivity contribution in [2.45, 2.75) is 81.1 Å². The van der Waals surface area contributed by atoms with E-state index in [1.807, 2.05) is 23.1 Å². The maximum absolute atomic E-state index is 13.5. The minimum absolute atomic E-state index is 0.0214. The highest BCUT2D eigenvalue weighted by molar-refractivity contribution is 5.95. The highest BCUT2D eigenvalue weighted by Crippen LogP contribution is 2.45. The monoisotopic (exact) mass is 519 g/mol. The zero-order valence-electron chi connectivity index (χ0n) is 20.7. The van der Waals surface area contributed by atoms with E-state index in [0.717, 1.165) is 56.4 Å². The van der Waals surface area contributed by atoms with E-state index in [0.29, 0.717) is 18.9 Å². The third-order valence-electron chi connectivity index (χ3n) is 7.76. The molecule has 0 aliphatic heterocycles. The fourth-order valence-corrected chi connectivity index (χ4v) is 5.32. The number of hydrogen-bond donors (Lipinski definition) is 2. The molecule has 1 heterocycles. The summed E-state index contributed by atoms with van der Waals surface area (Å²) in [5.74, 6) is -0.215. The molecule has 200 valence electrons. The number of amides is 2. The van der Waals surface area contributed by atoms with Crippen molar-refractivity contribution in [1.82, 2.24) is 9.88 Å². The van der Waals surface area contributed by atoms with Gasteiger partial charge in [-0.15, -0.1) is 0 Å². The van der Waals surface area contributed by atoms with Gasteiger partial charge in [-0.3, -0.25) is 9.78 Å². The van der Waals surface area contributed by atoms with Gasteiger partial charge in [-0.1, -0.05) is 18.2 Å². The first kappa shape index (κ1) is 26.9. The Morgan fingerprint density at radius 2 is 1.70 bits per heavy atom. The third kappa shape index (κ3) is 5.74. The van der Waals surface area contributed by atoms with Crippen LogP contribution in [0.3, 0.4) is 0 Å². The average molecular weight is 520 g/mol. The Bertz CT molecular complexity index is 1090. The molecule has 0 bridgehead atoms. The number of benzene rings is 1. The first-order valence-electron chi connectivity index (χ1n) is 12.5. The first-order valence-corrected chi connectivity index (χ1v) is 12.5. The van der Waals surface area contributed by atoms with Crippen molar-refractivity contribution in [3.63, 3.8) is 0 Å². The quantitative estimate of drug-likeness (QED) is 0.520. The second kappa shape index (κ2) is 10.3. The molecule has 1 atom stereocenters. The number of carbonyl (C=O) groups is 2. The number of aromatic nitrogens is 1. The van der Waals surface area contributed by atoms with E-state index in [1.54, 1.807) is 6.20 Å². The molecule has 3 N–H and O–H groups in total. The van der Waals surface area contributed by atoms with Gasteiger partial charge >= 0.3 is 12.3 Å². The average Bonchev–Trinajstić information content (AvgIpc) is 3.70. The minimum Gasteiger partial charge on any atom is -0.450 e. The van der Waals surface area contributed by atoms with Gasteiger partial charge < -0.3 is 20.5 Å². The van der Waals surface area contributed by atoms with Crippen LogP contribution in [0.15, 0.2) is 48.7 Å². The molecule has 37 heavy (non-hydrogen) atoms. The van der Waals surface area contributed by atoms with E-state index in [2.05, 4.69) is 4.98 Å². The second-order valence-electron chi connectivity index (χ2n) is 10.2. The van der Waals surface area contributed by atoms with Crippen molar-refractivity contribution in [2.24, 2.45) is 5.73 Å². The van der Waals surface area contributed by atoms with Crippen molar-refractivity contribution in [3.05, 3.63) is 65.5 Å². The van der Waals surface area contributed by atoms with Crippen molar-refractivity contribution >= 4 is 12.0 Å². The van der Waals surface area contributed by atoms with E-state index in [1.165, 1.54) is 12.1 Å². The maximum Gasteiger partial charge on any atom is 0.421 e. The molecular weight excluding hydrogens is 487 g/mol. The maximum atomic E-state index is 13.5. The van der Waals surface area contributed by atoms with Crippen molar-refractivity contribution < 1.29 is 32.6 Å². The van der Waals surface area contributed by atoms with E-state index in [4.69, 9.17) is 10.5 Å². The molecule has 2 amide bonds. The Morgan fingerprint density at radius 3 is 2.22 bits per heavy atom. The summed E-state index contributed by atoms with van der Waals surface area (Å²) >= 11 is 0. The van der Waals surface area contributed by atoms with Crippen LogP contribution in [-0.2, 0) is 15.8 Å². The Balaban J connectivity index is 1.50. The number of hydrogen-bond acceptors (Lipinski definition) is 5. The lowest BCUT2D eigenvalue weighted by atomic mass is 9.68. The molecule has 7 nitrogen and oxygen atoms in total. The van der Waals surface area contributed by atoms with Crippen LogP contribution >= 0.6 is 0 Å². The van der Waals surface area contributed by atoms with Gasteiger partial charge in [0.1, 0.15) is 0 Å². The highest BCUT2D eigenvalue weighted by Gasteiger charge is 2.51. The molecule has 0 unspecified atom stereocenters. The number of alkyl halides is 3. The van der Waals surface area contributed by atoms with Crippen LogP contribution < -0.4 is 5.73 Å². The molecule has 2 aromatic rings. The number of rotatable bonds is 8. The number of nitrogens with zero attached hydrogens (tertiary/aromatic N) is 2. The lowest BCUT2D eigenvalue weighted by molar-refractivity contribution is -0.258. The molecule has 10 heteroatoms. The van der Waals surface area contributed by atoms with Gasteiger partial charge in [-0.2, -0.15) is 13.2 Å². The van der Waals surface area contributed by atoms with Crippen LogP contribution in [-0.4, -0.2) is 51.9 Å². The van der Waals surface area contributed by atoms with E-state index in [9.17, 15) is 27.9 Å². The molecular formula is C27H32F3N3O4. The normalized spacial score (nSPS) is 23.6. The third-order valence-corrected chi connectivity index (χ3v) is 7.76. The van der Waals surface area contributed by atoms with Gasteiger partial charge in [-0.25, -0.2) is 4.79 Å². The molecule has 1 aromatic heterocycles. The molecule has 2 fully saturated rings. The van der Waals surface area contributed by atoms with Crippen LogP contribution in [0, 0.1) is 0 Å². The van der Waals surface area contributed by atoms with Crippen LogP contribution in [0.4, 0.5) is 18.0 Å². The summed E-state index contributed by atoms with van der Waals surface area (Å²) in [6.07, 6.45) is 1.34. The van der Waals surface area contributed by atoms with Crippen LogP contribution in [0.5, 0.6) is 0 Å². The first-order chi connectivity index (χ1) is 17.4. The molecule has 2 aliphatic carbocycles. The lowest BCUT2D eigenvalue weighted by Crippen LogP contribution is -2.47. The molecule has 0 saturated heterocycles. The predicted octanol–water partition coefficient (Wildman–Crippen LogP) is 4.82. The van der Waals surface area contributed by atoms with E-state index >= 15 is 0 Å². The molecule has 2 aliphatic rings. The van der Waals surface area contributed by atoms with Crippen molar-refractivity contribution in [2.75, 3.05) is 6.61 Å². The summed E-state index contributed by atoms with van der Waals surface area (Å²) in [6, 6.07) is 10.9. The summed E-state index contributed by atoms with van der Waals surface area (Å²) in [7, 11) is 0. The topological polar surface area (TPSA) is 106 Å². The number of pyridine rings is 1. The highest BCUT2D eigenvalue weighted by atomic mass is 19.4. The van der Waals surface area contributed by atoms with Gasteiger partial charge in [0.2, 0.25) is 0 Å². The zero-order chi connectivity index (χ0) is 26.8. The minimum atomic E-state index is -4.83. The summed E-state index contributed by atoms with van der Waals surface area (Å²) in [6.45, 7) is 0.876. The SMILES string of the molecule is C[C@](O)(c1ccc(C(=O)N(C2CC2)[C@H]2CC[C@@](CCOC(N)=O)(c3ccccn3)CC2)cc1)C(F)(F)F. The van der Waals surface area contributed by atoms with Gasteiger partial charge in [0.05, 0.1) is 6.61 Å². The Labute approximate surface area is 213 Å². The fourth-order valence-electron chi connectivity index (χ4n) is 5.32. The van der Waals surface area contributed by atoms with E-state index in [-0.39, 0.29) is 35.6 Å². The summed E-state index contributed by atoms with van der Waals surface area (Å²) in [5.41, 5.74) is 2.73. The summed E-state index contributed by atoms with van der Waals surface area (Å²) in [5, 5.41) is 9.94. The Hall–Kier alpha value is -3.14. The summed E-state index contributed by atoms with van der Waals surface area (Å²) < 4.78 is 44.6. The number of primary amides is 1. The van der Waals surface area contributed by atoms with Crippen LogP contribution in [0.2, 0.25) is 0 Å². The smallest absolute Gasteiger partial charge is 0.421 e. The summed E-state index contributed by atoms with van der Waals surface area (Å²) in [4.78, 5) is 31.1. The second-order valence-corrected chi connectivity index (χ2v) is 10.2. The van der Waals surface area contributed by atoms with Crippen LogP contribution in [0.1, 0.15) is 73.5 Å². The van der Waals surface area contributed by atoms with Crippen LogP contribution in [0.25, 0.3) is 0 Å². The number of ether oxygens (including phenoxy) is 1. The van der Waals surface area contributed by atoms with Crippen molar-refractivity contribution in [3.8, 4) is 0 Å². The molecule has 0 radical (unpaired) electrons. The fraction of sp³-hybridized carbons (Fsp3) is 0.519. The number of aliphatic hydroxyl groups is 1. The molecule has 0 spiro atoms. The molecule has 2 saturated carbocycles. The molecule has 4 rings (SSSR count). The largest absolute Gasteiger partial charge is 0.450 e. The number of halogens is 3. The van der Waals surface area contributed by atoms with Crippen molar-refractivity contribution in [1.29, 1.82) is 0 Å². The van der Waals surface area contributed by atoms with Gasteiger partial charge in [0, 0.05) is 35.0 Å². The van der Waals surface area contributed by atoms with Gasteiger partial charge in [0.15, 0.2) is 5.60 Å². The molecule has 1 aromatic carbocycles. The standard InChI is InChI=1S/C27H32F3N3O4/c1-25(36,27(28,29)30)19-7-5-18(6-8-19)23(34)33(20-9-10-20)21-11-13-26(14-12-21,15-17-37-24(31)35)22-4-2-3-16-32-22/h2-8,16,20-21,36H,9-15,17H2,1H3,(H2,31,35)/t21-,25-,26+/m0/s1. The Kier molecular flexibility index (Phi) is 7.50. The zero-order valence-corrected chi connectivity index (χ0v) is 20.7. The Morgan fingerprint density at radius 1 is 1.08 bits per heavy atom. The lowest BCUT2D eigenvalue weighted by Gasteiger charge is -2.43. The van der Waals surface area contributed by atoms with Gasteiger partial charge in [-0.05, 0) is 81.7 Å². The van der Waals surface area contributed by atoms with E-state index < -0.39 is 17.9 Å². The predicted molar refractivity (Wildman–Crippen MR) is 130 cm³/mol. The number of carbonyl (C=O) groups excluding carboxylic acids is 2. The number of nitrogens with two attached hydrogens (primary N) is 1.